The van der Waals surface area contributed by atoms with E-state index in [9.17, 15) is 0 Å². The Kier molecular flexibility index (Phi) is 4.42. The Labute approximate surface area is 102 Å². The molecule has 2 heteroatoms. The molecule has 0 heterocycles. The predicted octanol–water partition coefficient (Wildman–Crippen LogP) is 2.74. The SMILES string of the molecule is CNCCN(C)C1CC(C)(C)CC(C)(C)C1. The van der Waals surface area contributed by atoms with E-state index in [0.29, 0.717) is 10.8 Å². The zero-order chi connectivity index (χ0) is 12.4. The predicted molar refractivity (Wildman–Crippen MR) is 71.8 cm³/mol. The summed E-state index contributed by atoms with van der Waals surface area (Å²) in [5.41, 5.74) is 1.00. The molecular formula is C14H30N2. The average Bonchev–Trinajstić information content (AvgIpc) is 2.09. The Morgan fingerprint density at radius 2 is 1.62 bits per heavy atom. The zero-order valence-electron chi connectivity index (χ0n) is 12.1. The van der Waals surface area contributed by atoms with E-state index in [-0.39, 0.29) is 0 Å². The molecule has 0 aromatic rings. The van der Waals surface area contributed by atoms with Crippen molar-refractivity contribution in [1.29, 1.82) is 0 Å². The summed E-state index contributed by atoms with van der Waals surface area (Å²) < 4.78 is 0. The number of rotatable bonds is 4. The van der Waals surface area contributed by atoms with Gasteiger partial charge in [-0.2, -0.15) is 0 Å². The van der Waals surface area contributed by atoms with Gasteiger partial charge in [0, 0.05) is 19.1 Å². The van der Waals surface area contributed by atoms with Crippen molar-refractivity contribution in [3.8, 4) is 0 Å². The molecule has 16 heavy (non-hydrogen) atoms. The highest BCUT2D eigenvalue weighted by molar-refractivity contribution is 4.92. The molecule has 0 aromatic carbocycles. The maximum atomic E-state index is 3.24. The van der Waals surface area contributed by atoms with Crippen LogP contribution in [0.4, 0.5) is 0 Å². The summed E-state index contributed by atoms with van der Waals surface area (Å²) >= 11 is 0. The van der Waals surface area contributed by atoms with Gasteiger partial charge in [-0.3, -0.25) is 0 Å². The monoisotopic (exact) mass is 226 g/mol. The Hall–Kier alpha value is -0.0800. The lowest BCUT2D eigenvalue weighted by Crippen LogP contribution is -2.46. The highest BCUT2D eigenvalue weighted by Gasteiger charge is 2.39. The third-order valence-electron chi connectivity index (χ3n) is 3.87. The molecule has 96 valence electrons. The topological polar surface area (TPSA) is 15.3 Å². The molecule has 0 aromatic heterocycles. The van der Waals surface area contributed by atoms with Crippen LogP contribution in [-0.2, 0) is 0 Å². The van der Waals surface area contributed by atoms with Crippen LogP contribution in [0.5, 0.6) is 0 Å². The van der Waals surface area contributed by atoms with E-state index in [1.807, 2.05) is 7.05 Å². The van der Waals surface area contributed by atoms with Crippen molar-refractivity contribution in [2.75, 3.05) is 27.2 Å². The first-order valence-corrected chi connectivity index (χ1v) is 6.61. The molecule has 2 nitrogen and oxygen atoms in total. The summed E-state index contributed by atoms with van der Waals surface area (Å²) in [6, 6.07) is 0.757. The quantitative estimate of drug-likeness (QED) is 0.793. The Balaban J connectivity index is 2.59. The van der Waals surface area contributed by atoms with Crippen molar-refractivity contribution in [3.63, 3.8) is 0 Å². The smallest absolute Gasteiger partial charge is 0.0107 e. The summed E-state index contributed by atoms with van der Waals surface area (Å²) in [5.74, 6) is 0. The van der Waals surface area contributed by atoms with Crippen LogP contribution in [0.2, 0.25) is 0 Å². The molecular weight excluding hydrogens is 196 g/mol. The van der Waals surface area contributed by atoms with Crippen LogP contribution < -0.4 is 5.32 Å². The van der Waals surface area contributed by atoms with Crippen molar-refractivity contribution in [1.82, 2.24) is 10.2 Å². The Morgan fingerprint density at radius 1 is 1.12 bits per heavy atom. The summed E-state index contributed by atoms with van der Waals surface area (Å²) in [7, 11) is 4.31. The molecule has 0 amide bonds. The third kappa shape index (κ3) is 4.06. The van der Waals surface area contributed by atoms with E-state index in [0.717, 1.165) is 19.1 Å². The molecule has 0 radical (unpaired) electrons. The van der Waals surface area contributed by atoms with Crippen LogP contribution in [0.1, 0.15) is 47.0 Å². The van der Waals surface area contributed by atoms with Gasteiger partial charge in [0.25, 0.3) is 0 Å². The summed E-state index contributed by atoms with van der Waals surface area (Å²) in [6.45, 7) is 11.9. The van der Waals surface area contributed by atoms with Gasteiger partial charge in [0.2, 0.25) is 0 Å². The van der Waals surface area contributed by atoms with E-state index in [2.05, 4.69) is 45.0 Å². The Morgan fingerprint density at radius 3 is 2.06 bits per heavy atom. The van der Waals surface area contributed by atoms with E-state index >= 15 is 0 Å². The molecule has 1 aliphatic carbocycles. The van der Waals surface area contributed by atoms with Crippen molar-refractivity contribution >= 4 is 0 Å². The van der Waals surface area contributed by atoms with Gasteiger partial charge in [0.15, 0.2) is 0 Å². The second kappa shape index (κ2) is 5.05. The molecule has 0 saturated heterocycles. The second-order valence-corrected chi connectivity index (χ2v) is 7.15. The van der Waals surface area contributed by atoms with Gasteiger partial charge in [-0.1, -0.05) is 27.7 Å². The highest BCUT2D eigenvalue weighted by atomic mass is 15.1. The average molecular weight is 226 g/mol. The lowest BCUT2D eigenvalue weighted by Gasteiger charge is -2.47. The number of hydrogen-bond donors (Lipinski definition) is 1. The molecule has 0 bridgehead atoms. The molecule has 1 aliphatic rings. The molecule has 1 N–H and O–H groups in total. The molecule has 0 aliphatic heterocycles. The third-order valence-corrected chi connectivity index (χ3v) is 3.87. The number of nitrogens with one attached hydrogen (secondary N) is 1. The zero-order valence-corrected chi connectivity index (χ0v) is 12.1. The minimum absolute atomic E-state index is 0.500. The van der Waals surface area contributed by atoms with Crippen LogP contribution in [0, 0.1) is 10.8 Å². The van der Waals surface area contributed by atoms with Crippen LogP contribution >= 0.6 is 0 Å². The van der Waals surface area contributed by atoms with E-state index < -0.39 is 0 Å². The lowest BCUT2D eigenvalue weighted by molar-refractivity contribution is 0.0361. The molecule has 0 unspecified atom stereocenters. The van der Waals surface area contributed by atoms with Crippen molar-refractivity contribution < 1.29 is 0 Å². The van der Waals surface area contributed by atoms with Gasteiger partial charge in [0.05, 0.1) is 0 Å². The molecule has 1 rings (SSSR count). The molecule has 1 saturated carbocycles. The first-order chi connectivity index (χ1) is 7.26. The molecule has 1 fully saturated rings. The summed E-state index contributed by atoms with van der Waals surface area (Å²) in [6.07, 6.45) is 4.05. The number of hydrogen-bond acceptors (Lipinski definition) is 2. The van der Waals surface area contributed by atoms with Gasteiger partial charge in [-0.05, 0) is 44.2 Å². The summed E-state index contributed by atoms with van der Waals surface area (Å²) in [4.78, 5) is 2.54. The van der Waals surface area contributed by atoms with E-state index in [1.165, 1.54) is 19.3 Å². The maximum absolute atomic E-state index is 3.24. The fourth-order valence-electron chi connectivity index (χ4n) is 3.57. The largest absolute Gasteiger partial charge is 0.318 e. The number of likely N-dealkylation sites (N-methyl/N-ethyl adjacent to an activating group) is 2. The Bertz CT molecular complexity index is 205. The van der Waals surface area contributed by atoms with Crippen LogP contribution in [0.3, 0.4) is 0 Å². The van der Waals surface area contributed by atoms with E-state index in [4.69, 9.17) is 0 Å². The maximum Gasteiger partial charge on any atom is 0.0107 e. The van der Waals surface area contributed by atoms with Gasteiger partial charge in [-0.25, -0.2) is 0 Å². The van der Waals surface area contributed by atoms with Crippen molar-refractivity contribution in [2.45, 2.75) is 53.0 Å². The fourth-order valence-corrected chi connectivity index (χ4v) is 3.57. The first kappa shape index (κ1) is 14.0. The van der Waals surface area contributed by atoms with Gasteiger partial charge in [0.1, 0.15) is 0 Å². The molecule has 0 spiro atoms. The van der Waals surface area contributed by atoms with Gasteiger partial charge in [-0.15, -0.1) is 0 Å². The van der Waals surface area contributed by atoms with Gasteiger partial charge >= 0.3 is 0 Å². The van der Waals surface area contributed by atoms with E-state index in [1.54, 1.807) is 0 Å². The standard InChI is InChI=1S/C14H30N2/c1-13(2)9-12(10-14(3,4)11-13)16(6)8-7-15-5/h12,15H,7-11H2,1-6H3. The van der Waals surface area contributed by atoms with Crippen LogP contribution in [0.25, 0.3) is 0 Å². The van der Waals surface area contributed by atoms with Gasteiger partial charge < -0.3 is 10.2 Å². The van der Waals surface area contributed by atoms with Crippen LogP contribution in [0.15, 0.2) is 0 Å². The minimum atomic E-state index is 0.500. The van der Waals surface area contributed by atoms with Crippen LogP contribution in [-0.4, -0.2) is 38.1 Å². The number of nitrogens with zero attached hydrogens (tertiary/aromatic N) is 1. The van der Waals surface area contributed by atoms with Crippen molar-refractivity contribution in [2.24, 2.45) is 10.8 Å². The highest BCUT2D eigenvalue weighted by Crippen LogP contribution is 2.46. The summed E-state index contributed by atoms with van der Waals surface area (Å²) in [5, 5.41) is 3.24. The first-order valence-electron chi connectivity index (χ1n) is 6.61. The second-order valence-electron chi connectivity index (χ2n) is 7.15. The lowest BCUT2D eigenvalue weighted by atomic mass is 9.63. The van der Waals surface area contributed by atoms with Crippen molar-refractivity contribution in [3.05, 3.63) is 0 Å². The molecule has 0 atom stereocenters. The normalized spacial score (nSPS) is 24.9. The minimum Gasteiger partial charge on any atom is -0.318 e. The fraction of sp³-hybridized carbons (Fsp3) is 1.00.